The van der Waals surface area contributed by atoms with Gasteiger partial charge >= 0.3 is 0 Å². The molecule has 0 bridgehead atoms. The third kappa shape index (κ3) is 7.54. The van der Waals surface area contributed by atoms with Crippen LogP contribution in [-0.4, -0.2) is 74.3 Å². The van der Waals surface area contributed by atoms with E-state index in [9.17, 15) is 13.2 Å². The second-order valence-corrected chi connectivity index (χ2v) is 11.1. The lowest BCUT2D eigenvalue weighted by Crippen LogP contribution is -2.51. The van der Waals surface area contributed by atoms with Crippen molar-refractivity contribution in [2.75, 3.05) is 45.9 Å². The van der Waals surface area contributed by atoms with E-state index in [4.69, 9.17) is 4.74 Å². The average molecular weight is 534 g/mol. The van der Waals surface area contributed by atoms with Crippen LogP contribution in [0, 0.1) is 0 Å². The summed E-state index contributed by atoms with van der Waals surface area (Å²) >= 11 is 0. The van der Waals surface area contributed by atoms with Gasteiger partial charge in [-0.05, 0) is 42.3 Å². The van der Waals surface area contributed by atoms with Crippen LogP contribution >= 0.6 is 0 Å². The fourth-order valence-corrected chi connectivity index (χ4v) is 5.75. The van der Waals surface area contributed by atoms with E-state index in [1.54, 1.807) is 17.0 Å². The Labute approximate surface area is 226 Å². The summed E-state index contributed by atoms with van der Waals surface area (Å²) in [6.07, 6.45) is 4.24. The second-order valence-electron chi connectivity index (χ2n) is 9.16. The Balaban J connectivity index is 1.40. The predicted octanol–water partition coefficient (Wildman–Crippen LogP) is 4.13. The van der Waals surface area contributed by atoms with Crippen molar-refractivity contribution in [2.24, 2.45) is 0 Å². The highest BCUT2D eigenvalue weighted by Gasteiger charge is 2.30. The number of amides is 1. The number of rotatable bonds is 11. The normalized spacial score (nSPS) is 14.7. The Hall–Kier alpha value is -3.46. The van der Waals surface area contributed by atoms with E-state index in [1.165, 1.54) is 16.4 Å². The lowest BCUT2D eigenvalue weighted by atomic mass is 10.2. The van der Waals surface area contributed by atoms with Crippen LogP contribution in [-0.2, 0) is 21.4 Å². The van der Waals surface area contributed by atoms with Crippen molar-refractivity contribution in [3.05, 3.63) is 102 Å². The SMILES string of the molecule is CCOc1ccc(S(=O)(=O)N(CC(=O)N2CCN(C/C=C/c3ccccc3)CC2)Cc2ccccc2)cc1. The van der Waals surface area contributed by atoms with Crippen LogP contribution < -0.4 is 4.74 Å². The van der Waals surface area contributed by atoms with Crippen molar-refractivity contribution >= 4 is 22.0 Å². The number of carbonyl (C=O) groups is 1. The molecule has 3 aromatic rings. The molecule has 7 nitrogen and oxygen atoms in total. The molecule has 1 fully saturated rings. The molecule has 1 aliphatic heterocycles. The topological polar surface area (TPSA) is 70.2 Å². The molecule has 0 aromatic heterocycles. The third-order valence-corrected chi connectivity index (χ3v) is 8.29. The van der Waals surface area contributed by atoms with Gasteiger partial charge in [0.15, 0.2) is 0 Å². The summed E-state index contributed by atoms with van der Waals surface area (Å²) in [5.41, 5.74) is 1.98. The summed E-state index contributed by atoms with van der Waals surface area (Å²) in [6.45, 7) is 5.72. The molecule has 0 aliphatic carbocycles. The summed E-state index contributed by atoms with van der Waals surface area (Å²) in [6, 6.07) is 25.9. The fourth-order valence-electron chi connectivity index (χ4n) is 4.37. The zero-order valence-corrected chi connectivity index (χ0v) is 22.6. The molecule has 0 unspecified atom stereocenters. The van der Waals surface area contributed by atoms with E-state index in [-0.39, 0.29) is 23.9 Å². The Bertz CT molecular complexity index is 1290. The van der Waals surface area contributed by atoms with Crippen molar-refractivity contribution in [3.8, 4) is 5.75 Å². The quantitative estimate of drug-likeness (QED) is 0.371. The summed E-state index contributed by atoms with van der Waals surface area (Å²) in [5, 5.41) is 0. The summed E-state index contributed by atoms with van der Waals surface area (Å²) in [4.78, 5) is 17.5. The highest BCUT2D eigenvalue weighted by atomic mass is 32.2. The average Bonchev–Trinajstić information content (AvgIpc) is 2.95. The molecule has 4 rings (SSSR count). The lowest BCUT2D eigenvalue weighted by Gasteiger charge is -2.35. The molecular weight excluding hydrogens is 498 g/mol. The van der Waals surface area contributed by atoms with Gasteiger partial charge in [0.05, 0.1) is 18.0 Å². The molecular formula is C30H35N3O4S. The van der Waals surface area contributed by atoms with Crippen molar-refractivity contribution in [3.63, 3.8) is 0 Å². The van der Waals surface area contributed by atoms with Gasteiger partial charge < -0.3 is 9.64 Å². The van der Waals surface area contributed by atoms with E-state index in [0.717, 1.165) is 30.8 Å². The summed E-state index contributed by atoms with van der Waals surface area (Å²) in [7, 11) is -3.90. The van der Waals surface area contributed by atoms with Gasteiger partial charge in [-0.15, -0.1) is 0 Å². The number of ether oxygens (including phenoxy) is 1. The molecule has 0 saturated carbocycles. The molecule has 1 aliphatic rings. The molecule has 0 spiro atoms. The van der Waals surface area contributed by atoms with Gasteiger partial charge in [-0.3, -0.25) is 9.69 Å². The van der Waals surface area contributed by atoms with Gasteiger partial charge in [0.25, 0.3) is 0 Å². The predicted molar refractivity (Wildman–Crippen MR) is 150 cm³/mol. The zero-order valence-electron chi connectivity index (χ0n) is 21.8. The van der Waals surface area contributed by atoms with Crippen LogP contribution in [0.4, 0.5) is 0 Å². The van der Waals surface area contributed by atoms with Crippen molar-refractivity contribution < 1.29 is 17.9 Å². The van der Waals surface area contributed by atoms with Crippen LogP contribution in [0.15, 0.2) is 95.9 Å². The zero-order chi connectivity index (χ0) is 26.8. The largest absolute Gasteiger partial charge is 0.494 e. The molecule has 0 N–H and O–H groups in total. The highest BCUT2D eigenvalue weighted by molar-refractivity contribution is 7.89. The number of hydrogen-bond acceptors (Lipinski definition) is 5. The van der Waals surface area contributed by atoms with Gasteiger partial charge in [-0.25, -0.2) is 8.42 Å². The van der Waals surface area contributed by atoms with Crippen molar-refractivity contribution in [1.82, 2.24) is 14.1 Å². The van der Waals surface area contributed by atoms with Gasteiger partial charge in [0, 0.05) is 39.3 Å². The molecule has 0 radical (unpaired) electrons. The molecule has 8 heteroatoms. The molecule has 3 aromatic carbocycles. The number of nitrogens with zero attached hydrogens (tertiary/aromatic N) is 3. The van der Waals surface area contributed by atoms with Crippen LogP contribution in [0.2, 0.25) is 0 Å². The lowest BCUT2D eigenvalue weighted by molar-refractivity contribution is -0.133. The minimum Gasteiger partial charge on any atom is -0.494 e. The van der Waals surface area contributed by atoms with Gasteiger partial charge in [0.1, 0.15) is 5.75 Å². The van der Waals surface area contributed by atoms with Crippen LogP contribution in [0.1, 0.15) is 18.1 Å². The smallest absolute Gasteiger partial charge is 0.243 e. The Morgan fingerprint density at radius 1 is 0.895 bits per heavy atom. The number of sulfonamides is 1. The molecule has 38 heavy (non-hydrogen) atoms. The third-order valence-electron chi connectivity index (χ3n) is 6.48. The Kier molecular flexibility index (Phi) is 9.70. The van der Waals surface area contributed by atoms with Crippen molar-refractivity contribution in [1.29, 1.82) is 0 Å². The minimum atomic E-state index is -3.90. The van der Waals surface area contributed by atoms with Gasteiger partial charge in [0.2, 0.25) is 15.9 Å². The van der Waals surface area contributed by atoms with Gasteiger partial charge in [-0.1, -0.05) is 72.8 Å². The first-order valence-corrected chi connectivity index (χ1v) is 14.4. The fraction of sp³-hybridized carbons (Fsp3) is 0.300. The standard InChI is InChI=1S/C30H35N3O4S/c1-2-37-28-15-17-29(18-16-28)38(35,36)33(24-27-12-7-4-8-13-27)25-30(34)32-22-20-31(21-23-32)19-9-14-26-10-5-3-6-11-26/h3-18H,2,19-25H2,1H3/b14-9+. The first kappa shape index (κ1) is 27.6. The number of benzene rings is 3. The maximum atomic E-state index is 13.6. The summed E-state index contributed by atoms with van der Waals surface area (Å²) < 4.78 is 33.9. The van der Waals surface area contributed by atoms with Crippen LogP contribution in [0.5, 0.6) is 5.75 Å². The molecule has 0 atom stereocenters. The first-order valence-electron chi connectivity index (χ1n) is 12.9. The second kappa shape index (κ2) is 13.4. The monoisotopic (exact) mass is 533 g/mol. The highest BCUT2D eigenvalue weighted by Crippen LogP contribution is 2.22. The van der Waals surface area contributed by atoms with E-state index in [0.29, 0.717) is 25.4 Å². The number of piperazine rings is 1. The molecule has 1 heterocycles. The van der Waals surface area contributed by atoms with Crippen LogP contribution in [0.25, 0.3) is 6.08 Å². The van der Waals surface area contributed by atoms with E-state index in [1.807, 2.05) is 55.5 Å². The van der Waals surface area contributed by atoms with Crippen molar-refractivity contribution in [2.45, 2.75) is 18.4 Å². The van der Waals surface area contributed by atoms with E-state index >= 15 is 0 Å². The number of hydrogen-bond donors (Lipinski definition) is 0. The molecule has 1 saturated heterocycles. The maximum Gasteiger partial charge on any atom is 0.243 e. The summed E-state index contributed by atoms with van der Waals surface area (Å²) in [5.74, 6) is 0.420. The molecule has 200 valence electrons. The van der Waals surface area contributed by atoms with Gasteiger partial charge in [-0.2, -0.15) is 4.31 Å². The maximum absolute atomic E-state index is 13.6. The molecule has 1 amide bonds. The Morgan fingerprint density at radius 2 is 1.53 bits per heavy atom. The van der Waals surface area contributed by atoms with Crippen LogP contribution in [0.3, 0.4) is 0 Å². The Morgan fingerprint density at radius 3 is 2.16 bits per heavy atom. The van der Waals surface area contributed by atoms with E-state index in [2.05, 4.69) is 29.2 Å². The number of carbonyl (C=O) groups excluding carboxylic acids is 1. The first-order chi connectivity index (χ1) is 18.5. The minimum absolute atomic E-state index is 0.117. The van der Waals surface area contributed by atoms with E-state index < -0.39 is 10.0 Å².